The molecule has 1 aromatic carbocycles. The number of hydrogen-bond donors (Lipinski definition) is 2. The van der Waals surface area contributed by atoms with Gasteiger partial charge in [0.2, 0.25) is 5.91 Å². The van der Waals surface area contributed by atoms with Crippen molar-refractivity contribution in [3.63, 3.8) is 0 Å². The van der Waals surface area contributed by atoms with E-state index in [1.54, 1.807) is 6.92 Å². The van der Waals surface area contributed by atoms with Crippen molar-refractivity contribution in [2.45, 2.75) is 31.8 Å². The number of thiazole rings is 1. The highest BCUT2D eigenvalue weighted by Gasteiger charge is 2.14. The van der Waals surface area contributed by atoms with Crippen LogP contribution >= 0.6 is 39.0 Å². The Hall–Kier alpha value is -1.97. The number of benzene rings is 1. The van der Waals surface area contributed by atoms with Gasteiger partial charge in [0, 0.05) is 32.6 Å². The van der Waals surface area contributed by atoms with Gasteiger partial charge in [-0.25, -0.2) is 9.97 Å². The van der Waals surface area contributed by atoms with Gasteiger partial charge in [-0.1, -0.05) is 39.8 Å². The number of carbonyl (C=O) groups is 1. The molecule has 0 unspecified atom stereocenters. The zero-order chi connectivity index (χ0) is 20.3. The van der Waals surface area contributed by atoms with Gasteiger partial charge in [0.05, 0.1) is 5.69 Å². The van der Waals surface area contributed by atoms with Crippen LogP contribution in [-0.2, 0) is 11.2 Å². The van der Waals surface area contributed by atoms with Gasteiger partial charge in [0.15, 0.2) is 10.3 Å². The average molecular weight is 479 g/mol. The van der Waals surface area contributed by atoms with Crippen LogP contribution in [0, 0.1) is 13.8 Å². The molecule has 2 N–H and O–H groups in total. The lowest BCUT2D eigenvalue weighted by Gasteiger charge is -2.06. The molecule has 0 saturated carbocycles. The van der Waals surface area contributed by atoms with E-state index in [1.165, 1.54) is 23.1 Å². The van der Waals surface area contributed by atoms with Crippen LogP contribution < -0.4 is 10.9 Å². The summed E-state index contributed by atoms with van der Waals surface area (Å²) in [5.74, 6) is -0.177. The molecule has 0 saturated heterocycles. The maximum atomic E-state index is 12.3. The number of aryl methyl sites for hydroxylation is 2. The van der Waals surface area contributed by atoms with Crippen LogP contribution in [-0.4, -0.2) is 27.1 Å². The minimum absolute atomic E-state index is 0.177. The summed E-state index contributed by atoms with van der Waals surface area (Å²) in [7, 11) is 0. The molecule has 0 aliphatic heterocycles. The second-order valence-electron chi connectivity index (χ2n) is 6.12. The third-order valence-electron chi connectivity index (χ3n) is 4.16. The number of H-pyrrole nitrogens is 1. The number of aromatic nitrogens is 3. The lowest BCUT2D eigenvalue weighted by Crippen LogP contribution is -2.20. The van der Waals surface area contributed by atoms with Gasteiger partial charge in [-0.2, -0.15) is 0 Å². The number of halogens is 1. The van der Waals surface area contributed by atoms with E-state index in [2.05, 4.69) is 36.2 Å². The number of nitrogens with zero attached hydrogens (tertiary/aromatic N) is 2. The fraction of sp³-hybridized carbons (Fsp3) is 0.263. The molecule has 0 radical (unpaired) electrons. The van der Waals surface area contributed by atoms with Gasteiger partial charge in [0.1, 0.15) is 0 Å². The zero-order valence-electron chi connectivity index (χ0n) is 15.6. The maximum absolute atomic E-state index is 12.3. The maximum Gasteiger partial charge on any atom is 0.254 e. The molecule has 9 heteroatoms. The summed E-state index contributed by atoms with van der Waals surface area (Å²) in [5.41, 5.74) is 2.87. The fourth-order valence-electron chi connectivity index (χ4n) is 2.72. The minimum Gasteiger partial charge on any atom is -0.302 e. The third-order valence-corrected chi connectivity index (χ3v) is 6.15. The third kappa shape index (κ3) is 4.89. The van der Waals surface area contributed by atoms with E-state index in [9.17, 15) is 9.59 Å². The highest BCUT2D eigenvalue weighted by Crippen LogP contribution is 2.31. The molecule has 0 fully saturated rings. The molecule has 3 aromatic rings. The Labute approximate surface area is 179 Å². The van der Waals surface area contributed by atoms with Gasteiger partial charge in [-0.15, -0.1) is 11.3 Å². The summed E-state index contributed by atoms with van der Waals surface area (Å²) >= 11 is 6.24. The Balaban J connectivity index is 1.67. The van der Waals surface area contributed by atoms with Gasteiger partial charge >= 0.3 is 0 Å². The smallest absolute Gasteiger partial charge is 0.254 e. The molecule has 0 bridgehead atoms. The summed E-state index contributed by atoms with van der Waals surface area (Å²) in [6.07, 6.45) is 2.37. The highest BCUT2D eigenvalue weighted by atomic mass is 79.9. The molecule has 28 heavy (non-hydrogen) atoms. The van der Waals surface area contributed by atoms with Crippen LogP contribution in [0.4, 0.5) is 5.13 Å². The summed E-state index contributed by atoms with van der Waals surface area (Å²) in [6.45, 7) is 3.77. The molecule has 146 valence electrons. The summed E-state index contributed by atoms with van der Waals surface area (Å²) < 4.78 is 1.00. The molecule has 6 nitrogen and oxygen atoms in total. The number of carbonyl (C=O) groups excluding carboxylic acids is 1. The number of amides is 1. The van der Waals surface area contributed by atoms with E-state index in [4.69, 9.17) is 0 Å². The number of rotatable bonds is 6. The zero-order valence-corrected chi connectivity index (χ0v) is 18.8. The van der Waals surface area contributed by atoms with Crippen molar-refractivity contribution in [2.24, 2.45) is 0 Å². The van der Waals surface area contributed by atoms with E-state index in [0.29, 0.717) is 28.0 Å². The first kappa shape index (κ1) is 20.8. The van der Waals surface area contributed by atoms with Crippen molar-refractivity contribution in [3.05, 3.63) is 55.2 Å². The average Bonchev–Trinajstić information content (AvgIpc) is 3.01. The topological polar surface area (TPSA) is 87.7 Å². The predicted octanol–water partition coefficient (Wildman–Crippen LogP) is 4.57. The standard InChI is InChI=1S/C19H19BrN4O2S2/c1-10-14(17(26)24-18(21-10)27-3)8-9-15(25)22-19-23-16(11(2)28-19)12-4-6-13(20)7-5-12/h4-7H,8-9H2,1-3H3,(H,21,24,26)(H,22,23,25). The Bertz CT molecular complexity index is 1060. The van der Waals surface area contributed by atoms with Gasteiger partial charge in [0.25, 0.3) is 5.56 Å². The molecular weight excluding hydrogens is 460 g/mol. The van der Waals surface area contributed by atoms with E-state index in [-0.39, 0.29) is 17.9 Å². The van der Waals surface area contributed by atoms with Gasteiger partial charge < -0.3 is 10.3 Å². The quantitative estimate of drug-likeness (QED) is 0.400. The van der Waals surface area contributed by atoms with Crippen LogP contribution in [0.1, 0.15) is 22.6 Å². The fourth-order valence-corrected chi connectivity index (χ4v) is 4.26. The lowest BCUT2D eigenvalue weighted by molar-refractivity contribution is -0.116. The molecular formula is C19H19BrN4O2S2. The molecule has 2 aromatic heterocycles. The lowest BCUT2D eigenvalue weighted by atomic mass is 10.1. The van der Waals surface area contributed by atoms with E-state index in [1.807, 2.05) is 37.4 Å². The monoisotopic (exact) mass is 478 g/mol. The first-order valence-electron chi connectivity index (χ1n) is 8.54. The van der Waals surface area contributed by atoms with Crippen molar-refractivity contribution in [3.8, 4) is 11.3 Å². The number of aromatic amines is 1. The summed E-state index contributed by atoms with van der Waals surface area (Å²) in [6, 6.07) is 7.89. The SMILES string of the molecule is CSc1nc(C)c(CCC(=O)Nc2nc(-c3ccc(Br)cc3)c(C)s2)c(=O)[nH]1. The predicted molar refractivity (Wildman–Crippen MR) is 118 cm³/mol. The Morgan fingerprint density at radius 2 is 1.96 bits per heavy atom. The van der Waals surface area contributed by atoms with Crippen molar-refractivity contribution in [2.75, 3.05) is 11.6 Å². The normalized spacial score (nSPS) is 10.9. The van der Waals surface area contributed by atoms with Crippen LogP contribution in [0.2, 0.25) is 0 Å². The second kappa shape index (κ2) is 9.02. The van der Waals surface area contributed by atoms with Crippen molar-refractivity contribution in [1.82, 2.24) is 15.0 Å². The van der Waals surface area contributed by atoms with E-state index in [0.717, 1.165) is 20.6 Å². The molecule has 0 aliphatic carbocycles. The van der Waals surface area contributed by atoms with E-state index >= 15 is 0 Å². The van der Waals surface area contributed by atoms with Crippen LogP contribution in [0.15, 0.2) is 38.7 Å². The van der Waals surface area contributed by atoms with Crippen LogP contribution in [0.3, 0.4) is 0 Å². The van der Waals surface area contributed by atoms with Crippen molar-refractivity contribution < 1.29 is 4.79 Å². The van der Waals surface area contributed by atoms with Gasteiger partial charge in [-0.05, 0) is 38.7 Å². The van der Waals surface area contributed by atoms with Crippen LogP contribution in [0.25, 0.3) is 11.3 Å². The summed E-state index contributed by atoms with van der Waals surface area (Å²) in [5, 5.41) is 3.97. The number of thioether (sulfide) groups is 1. The van der Waals surface area contributed by atoms with Gasteiger partial charge in [-0.3, -0.25) is 9.59 Å². The molecule has 3 rings (SSSR count). The molecule has 0 spiro atoms. The Kier molecular flexibility index (Phi) is 6.69. The van der Waals surface area contributed by atoms with E-state index < -0.39 is 0 Å². The molecule has 2 heterocycles. The minimum atomic E-state index is -0.188. The Morgan fingerprint density at radius 3 is 2.61 bits per heavy atom. The Morgan fingerprint density at radius 1 is 1.25 bits per heavy atom. The number of nitrogens with one attached hydrogen (secondary N) is 2. The highest BCUT2D eigenvalue weighted by molar-refractivity contribution is 9.10. The first-order valence-corrected chi connectivity index (χ1v) is 11.4. The number of anilines is 1. The van der Waals surface area contributed by atoms with Crippen LogP contribution in [0.5, 0.6) is 0 Å². The van der Waals surface area contributed by atoms with Crippen molar-refractivity contribution >= 4 is 50.1 Å². The first-order chi connectivity index (χ1) is 13.4. The van der Waals surface area contributed by atoms with Crippen molar-refractivity contribution in [1.29, 1.82) is 0 Å². The molecule has 0 aliphatic rings. The summed E-state index contributed by atoms with van der Waals surface area (Å²) in [4.78, 5) is 37.1. The second-order valence-corrected chi connectivity index (χ2v) is 9.03. The number of hydrogen-bond acceptors (Lipinski definition) is 6. The molecule has 0 atom stereocenters. The molecule has 1 amide bonds. The largest absolute Gasteiger partial charge is 0.302 e.